The number of hydrogen-bond acceptors (Lipinski definition) is 1. The van der Waals surface area contributed by atoms with E-state index in [0.717, 1.165) is 6.42 Å². The predicted molar refractivity (Wildman–Crippen MR) is 58.8 cm³/mol. The summed E-state index contributed by atoms with van der Waals surface area (Å²) in [5.41, 5.74) is 4.35. The number of allylic oxidation sites excluding steroid dienone is 1. The topological polar surface area (TPSA) is 20.2 Å². The molecule has 0 radical (unpaired) electrons. The second kappa shape index (κ2) is 3.25. The Balaban J connectivity index is 2.28. The van der Waals surface area contributed by atoms with Gasteiger partial charge in [-0.2, -0.15) is 0 Å². The van der Waals surface area contributed by atoms with E-state index in [1.165, 1.54) is 16.7 Å². The van der Waals surface area contributed by atoms with Gasteiger partial charge in [0, 0.05) is 12.0 Å². The molecule has 0 unspecified atom stereocenters. The Labute approximate surface area is 85.1 Å². The van der Waals surface area contributed by atoms with Crippen molar-refractivity contribution in [1.29, 1.82) is 0 Å². The maximum absolute atomic E-state index is 8.94. The van der Waals surface area contributed by atoms with E-state index in [9.17, 15) is 0 Å². The maximum Gasteiger partial charge on any atom is 0.0468 e. The van der Waals surface area contributed by atoms with Crippen molar-refractivity contribution in [3.8, 4) is 0 Å². The van der Waals surface area contributed by atoms with Gasteiger partial charge in [-0.1, -0.05) is 49.8 Å². The first-order valence-corrected chi connectivity index (χ1v) is 5.08. The Morgan fingerprint density at radius 2 is 1.79 bits per heavy atom. The van der Waals surface area contributed by atoms with Crippen LogP contribution in [0.25, 0.3) is 5.57 Å². The molecule has 0 aromatic heterocycles. The second-order valence-electron chi connectivity index (χ2n) is 4.32. The van der Waals surface area contributed by atoms with E-state index in [-0.39, 0.29) is 12.0 Å². The highest BCUT2D eigenvalue weighted by Crippen LogP contribution is 2.59. The van der Waals surface area contributed by atoms with Crippen molar-refractivity contribution in [2.24, 2.45) is 5.41 Å². The number of hydrogen-bond donors (Lipinski definition) is 1. The number of rotatable bonds is 3. The van der Waals surface area contributed by atoms with Gasteiger partial charge in [-0.25, -0.2) is 0 Å². The number of benzene rings is 1. The zero-order valence-electron chi connectivity index (χ0n) is 8.75. The quantitative estimate of drug-likeness (QED) is 0.773. The van der Waals surface area contributed by atoms with Gasteiger partial charge >= 0.3 is 0 Å². The molecule has 0 atom stereocenters. The van der Waals surface area contributed by atoms with Gasteiger partial charge in [0.15, 0.2) is 0 Å². The third-order valence-corrected chi connectivity index (χ3v) is 3.04. The van der Waals surface area contributed by atoms with Crippen LogP contribution in [0.4, 0.5) is 0 Å². The molecule has 0 amide bonds. The lowest BCUT2D eigenvalue weighted by Gasteiger charge is -2.05. The summed E-state index contributed by atoms with van der Waals surface area (Å²) in [5.74, 6) is 0. The van der Waals surface area contributed by atoms with E-state index in [1.54, 1.807) is 0 Å². The van der Waals surface area contributed by atoms with Crippen molar-refractivity contribution < 1.29 is 5.11 Å². The summed E-state index contributed by atoms with van der Waals surface area (Å²) < 4.78 is 0. The monoisotopic (exact) mass is 188 g/mol. The van der Waals surface area contributed by atoms with E-state index in [1.807, 2.05) is 6.07 Å². The normalized spacial score (nSPS) is 18.5. The van der Waals surface area contributed by atoms with Crippen LogP contribution in [0.1, 0.15) is 25.8 Å². The first-order valence-electron chi connectivity index (χ1n) is 5.08. The lowest BCUT2D eigenvalue weighted by Crippen LogP contribution is -1.94. The van der Waals surface area contributed by atoms with Crippen LogP contribution in [-0.4, -0.2) is 11.7 Å². The minimum Gasteiger partial charge on any atom is -0.396 e. The van der Waals surface area contributed by atoms with Gasteiger partial charge in [-0.3, -0.25) is 0 Å². The molecule has 1 N–H and O–H groups in total. The van der Waals surface area contributed by atoms with Crippen molar-refractivity contribution in [3.63, 3.8) is 0 Å². The zero-order valence-corrected chi connectivity index (χ0v) is 8.75. The second-order valence-corrected chi connectivity index (χ2v) is 4.32. The molecule has 0 spiro atoms. The Bertz CT molecular complexity index is 360. The smallest absolute Gasteiger partial charge is 0.0468 e. The molecule has 1 aromatic rings. The molecule has 0 saturated heterocycles. The third kappa shape index (κ3) is 1.38. The molecule has 2 rings (SSSR count). The van der Waals surface area contributed by atoms with Crippen LogP contribution < -0.4 is 0 Å². The van der Waals surface area contributed by atoms with E-state index in [0.29, 0.717) is 0 Å². The Hall–Kier alpha value is -1.08. The molecule has 1 aromatic carbocycles. The molecule has 0 saturated carbocycles. The van der Waals surface area contributed by atoms with Crippen LogP contribution in [0.5, 0.6) is 0 Å². The van der Waals surface area contributed by atoms with Gasteiger partial charge in [-0.15, -0.1) is 0 Å². The molecule has 0 aliphatic heterocycles. The molecule has 1 heteroatoms. The summed E-state index contributed by atoms with van der Waals surface area (Å²) in [6.07, 6.45) is 0.817. The summed E-state index contributed by atoms with van der Waals surface area (Å²) in [6, 6.07) is 10.4. The lowest BCUT2D eigenvalue weighted by molar-refractivity contribution is 0.297. The van der Waals surface area contributed by atoms with E-state index in [2.05, 4.69) is 38.1 Å². The molecule has 0 bridgehead atoms. The maximum atomic E-state index is 8.94. The van der Waals surface area contributed by atoms with Crippen molar-refractivity contribution in [2.75, 3.05) is 6.61 Å². The first-order chi connectivity index (χ1) is 6.68. The summed E-state index contributed by atoms with van der Waals surface area (Å²) >= 11 is 0. The molecule has 1 aliphatic carbocycles. The van der Waals surface area contributed by atoms with E-state index in [4.69, 9.17) is 5.11 Å². The van der Waals surface area contributed by atoms with Crippen LogP contribution >= 0.6 is 0 Å². The molecule has 0 fully saturated rings. The van der Waals surface area contributed by atoms with Gasteiger partial charge in [0.25, 0.3) is 0 Å². The van der Waals surface area contributed by atoms with Crippen molar-refractivity contribution in [2.45, 2.75) is 20.3 Å². The fraction of sp³-hybridized carbons (Fsp3) is 0.385. The molecule has 14 heavy (non-hydrogen) atoms. The van der Waals surface area contributed by atoms with E-state index >= 15 is 0 Å². The zero-order chi connectivity index (χ0) is 10.2. The van der Waals surface area contributed by atoms with Gasteiger partial charge in [0.2, 0.25) is 0 Å². The number of aliphatic hydroxyl groups excluding tert-OH is 1. The van der Waals surface area contributed by atoms with Gasteiger partial charge in [-0.05, 0) is 17.6 Å². The van der Waals surface area contributed by atoms with Crippen LogP contribution in [0.3, 0.4) is 0 Å². The van der Waals surface area contributed by atoms with Gasteiger partial charge < -0.3 is 5.11 Å². The minimum absolute atomic E-state index is 0.212. The molecular formula is C13H16O. The SMILES string of the molecule is CC1(C)C(CCO)=C1c1ccccc1. The first kappa shape index (κ1) is 9.47. The predicted octanol–water partition coefficient (Wildman–Crippen LogP) is 2.86. The van der Waals surface area contributed by atoms with Gasteiger partial charge in [0.05, 0.1) is 0 Å². The highest BCUT2D eigenvalue weighted by molar-refractivity contribution is 5.89. The fourth-order valence-electron chi connectivity index (χ4n) is 2.24. The molecule has 0 heterocycles. The standard InChI is InChI=1S/C13H16O/c1-13(2)11(8-9-14)12(13)10-6-4-3-5-7-10/h3-7,14H,8-9H2,1-2H3. The molecule has 1 nitrogen and oxygen atoms in total. The summed E-state index contributed by atoms with van der Waals surface area (Å²) in [6.45, 7) is 4.70. The Morgan fingerprint density at radius 3 is 2.36 bits per heavy atom. The van der Waals surface area contributed by atoms with Crippen LogP contribution in [0.15, 0.2) is 35.9 Å². The largest absolute Gasteiger partial charge is 0.396 e. The molecular weight excluding hydrogens is 172 g/mol. The highest BCUT2D eigenvalue weighted by atomic mass is 16.3. The van der Waals surface area contributed by atoms with Gasteiger partial charge in [0.1, 0.15) is 0 Å². The minimum atomic E-state index is 0.212. The Kier molecular flexibility index (Phi) is 2.20. The average molecular weight is 188 g/mol. The summed E-state index contributed by atoms with van der Waals surface area (Å²) in [7, 11) is 0. The fourth-order valence-corrected chi connectivity index (χ4v) is 2.24. The van der Waals surface area contributed by atoms with E-state index < -0.39 is 0 Å². The molecule has 74 valence electrons. The van der Waals surface area contributed by atoms with Crippen LogP contribution in [0.2, 0.25) is 0 Å². The van der Waals surface area contributed by atoms with Crippen molar-refractivity contribution >= 4 is 5.57 Å². The van der Waals surface area contributed by atoms with Crippen LogP contribution in [-0.2, 0) is 0 Å². The highest BCUT2D eigenvalue weighted by Gasteiger charge is 2.44. The van der Waals surface area contributed by atoms with Crippen molar-refractivity contribution in [1.82, 2.24) is 0 Å². The third-order valence-electron chi connectivity index (χ3n) is 3.04. The van der Waals surface area contributed by atoms with Crippen LogP contribution in [0, 0.1) is 5.41 Å². The molecule has 1 aliphatic rings. The summed E-state index contributed by atoms with van der Waals surface area (Å²) in [4.78, 5) is 0. The van der Waals surface area contributed by atoms with Crippen molar-refractivity contribution in [3.05, 3.63) is 41.5 Å². The average Bonchev–Trinajstić information content (AvgIpc) is 2.71. The number of aliphatic hydroxyl groups is 1. The lowest BCUT2D eigenvalue weighted by atomic mass is 9.99. The summed E-state index contributed by atoms with van der Waals surface area (Å²) in [5, 5.41) is 8.94. The Morgan fingerprint density at radius 1 is 1.14 bits per heavy atom.